The molecule has 2 aliphatic rings. The van der Waals surface area contributed by atoms with Gasteiger partial charge in [0.1, 0.15) is 5.82 Å². The zero-order valence-electron chi connectivity index (χ0n) is 15.3. The molecule has 0 spiro atoms. The third-order valence-electron chi connectivity index (χ3n) is 5.60. The van der Waals surface area contributed by atoms with E-state index in [-0.39, 0.29) is 16.6 Å². The van der Waals surface area contributed by atoms with Crippen molar-refractivity contribution in [1.29, 1.82) is 0 Å². The molecule has 1 N–H and O–H groups in total. The number of hydrogen-bond acceptors (Lipinski definition) is 4. The molecule has 0 bridgehead atoms. The maximum atomic E-state index is 13.3. The quantitative estimate of drug-likeness (QED) is 0.806. The predicted molar refractivity (Wildman–Crippen MR) is 103 cm³/mol. The fraction of sp³-hybridized carbons (Fsp3) is 0.429. The van der Waals surface area contributed by atoms with Crippen LogP contribution in [0.3, 0.4) is 0 Å². The van der Waals surface area contributed by atoms with E-state index in [1.54, 1.807) is 11.3 Å². The molecule has 0 amide bonds. The molecule has 130 valence electrons. The molecule has 0 saturated heterocycles. The number of ketones is 1. The standard InChI is InChI=1S/C21H24N2OS/c1-5-21(14-8-6-13(2)7-9-14)17-15(10-20(3,4)11-16(17)24)23-19-18(21)25-12-22-19/h6-9,12,23H,5,10-11H2,1-4H3. The van der Waals surface area contributed by atoms with Gasteiger partial charge in [-0.2, -0.15) is 0 Å². The minimum Gasteiger partial charge on any atom is -0.342 e. The van der Waals surface area contributed by atoms with Crippen LogP contribution in [0.15, 0.2) is 41.0 Å². The molecule has 1 aromatic carbocycles. The maximum absolute atomic E-state index is 13.3. The number of nitrogens with zero attached hydrogens (tertiary/aromatic N) is 1. The minimum atomic E-state index is -0.377. The monoisotopic (exact) mass is 352 g/mol. The summed E-state index contributed by atoms with van der Waals surface area (Å²) in [6.07, 6.45) is 2.35. The van der Waals surface area contributed by atoms with Crippen LogP contribution in [0.5, 0.6) is 0 Å². The summed E-state index contributed by atoms with van der Waals surface area (Å²) in [5, 5.41) is 3.49. The lowest BCUT2D eigenvalue weighted by molar-refractivity contribution is -0.118. The molecule has 2 heterocycles. The molecule has 1 aliphatic carbocycles. The number of nitrogens with one attached hydrogen (secondary N) is 1. The van der Waals surface area contributed by atoms with Gasteiger partial charge in [-0.25, -0.2) is 4.98 Å². The molecule has 3 nitrogen and oxygen atoms in total. The average Bonchev–Trinajstić information content (AvgIpc) is 3.01. The van der Waals surface area contributed by atoms with Crippen LogP contribution in [0.1, 0.15) is 56.0 Å². The summed E-state index contributed by atoms with van der Waals surface area (Å²) in [5.74, 6) is 1.21. The highest BCUT2D eigenvalue weighted by Crippen LogP contribution is 2.55. The molecule has 4 heteroatoms. The van der Waals surface area contributed by atoms with E-state index in [1.807, 2.05) is 5.51 Å². The molecule has 2 aromatic rings. The fourth-order valence-corrected chi connectivity index (χ4v) is 5.52. The lowest BCUT2D eigenvalue weighted by atomic mass is 9.62. The molecule has 0 fully saturated rings. The molecule has 1 aromatic heterocycles. The van der Waals surface area contributed by atoms with Gasteiger partial charge in [0, 0.05) is 17.7 Å². The van der Waals surface area contributed by atoms with Gasteiger partial charge in [-0.3, -0.25) is 4.79 Å². The zero-order valence-corrected chi connectivity index (χ0v) is 16.1. The SMILES string of the molecule is CCC1(c2ccc(C)cc2)C2=C(CC(C)(C)CC2=O)Nc2ncsc21. The maximum Gasteiger partial charge on any atom is 0.162 e. The number of carbonyl (C=O) groups excluding carboxylic acids is 1. The number of carbonyl (C=O) groups is 1. The minimum absolute atomic E-state index is 0.0107. The van der Waals surface area contributed by atoms with E-state index < -0.39 is 0 Å². The van der Waals surface area contributed by atoms with E-state index in [9.17, 15) is 4.79 Å². The normalized spacial score (nSPS) is 24.6. The number of hydrogen-bond donors (Lipinski definition) is 1. The Bertz CT molecular complexity index is 876. The van der Waals surface area contributed by atoms with Gasteiger partial charge in [-0.1, -0.05) is 50.6 Å². The number of benzene rings is 1. The Morgan fingerprint density at radius 3 is 2.60 bits per heavy atom. The van der Waals surface area contributed by atoms with Gasteiger partial charge in [0.15, 0.2) is 5.78 Å². The van der Waals surface area contributed by atoms with Crippen molar-refractivity contribution in [3.8, 4) is 0 Å². The highest BCUT2D eigenvalue weighted by atomic mass is 32.1. The van der Waals surface area contributed by atoms with Crippen molar-refractivity contribution >= 4 is 22.9 Å². The molecule has 4 rings (SSSR count). The van der Waals surface area contributed by atoms with Crippen LogP contribution in [-0.4, -0.2) is 10.8 Å². The first kappa shape index (κ1) is 16.5. The summed E-state index contributed by atoms with van der Waals surface area (Å²) < 4.78 is 0. The lowest BCUT2D eigenvalue weighted by Gasteiger charge is -2.44. The summed E-state index contributed by atoms with van der Waals surface area (Å²) in [7, 11) is 0. The third-order valence-corrected chi connectivity index (χ3v) is 6.59. The van der Waals surface area contributed by atoms with Crippen molar-refractivity contribution in [3.05, 3.63) is 57.1 Å². The van der Waals surface area contributed by atoms with Gasteiger partial charge in [0.25, 0.3) is 0 Å². The van der Waals surface area contributed by atoms with Crippen LogP contribution >= 0.6 is 11.3 Å². The Morgan fingerprint density at radius 1 is 1.20 bits per heavy atom. The number of rotatable bonds is 2. The highest BCUT2D eigenvalue weighted by molar-refractivity contribution is 7.10. The van der Waals surface area contributed by atoms with Gasteiger partial charge in [0.05, 0.1) is 15.8 Å². The Kier molecular flexibility index (Phi) is 3.66. The van der Waals surface area contributed by atoms with Crippen LogP contribution in [0.4, 0.5) is 5.82 Å². The Morgan fingerprint density at radius 2 is 1.92 bits per heavy atom. The number of aromatic nitrogens is 1. The largest absolute Gasteiger partial charge is 0.342 e. The van der Waals surface area contributed by atoms with Gasteiger partial charge >= 0.3 is 0 Å². The molecule has 1 atom stereocenters. The van der Waals surface area contributed by atoms with Crippen molar-refractivity contribution in [3.63, 3.8) is 0 Å². The van der Waals surface area contributed by atoms with Gasteiger partial charge in [0.2, 0.25) is 0 Å². The fourth-order valence-electron chi connectivity index (χ4n) is 4.47. The Balaban J connectivity index is 2.01. The topological polar surface area (TPSA) is 42.0 Å². The van der Waals surface area contributed by atoms with Crippen LogP contribution in [0.25, 0.3) is 0 Å². The van der Waals surface area contributed by atoms with E-state index >= 15 is 0 Å². The van der Waals surface area contributed by atoms with E-state index in [0.717, 1.165) is 29.9 Å². The van der Waals surface area contributed by atoms with Crippen molar-refractivity contribution in [2.24, 2.45) is 5.41 Å². The summed E-state index contributed by atoms with van der Waals surface area (Å²) in [6.45, 7) is 8.63. The molecule has 1 aliphatic heterocycles. The molecule has 0 saturated carbocycles. The van der Waals surface area contributed by atoms with E-state index in [0.29, 0.717) is 6.42 Å². The number of Topliss-reactive ketones (excluding diaryl/α,β-unsaturated/α-hetero) is 1. The average molecular weight is 353 g/mol. The van der Waals surface area contributed by atoms with Crippen LogP contribution in [0.2, 0.25) is 0 Å². The second kappa shape index (κ2) is 5.53. The van der Waals surface area contributed by atoms with Gasteiger partial charge in [-0.15, -0.1) is 11.3 Å². The Hall–Kier alpha value is -1.94. The molecule has 25 heavy (non-hydrogen) atoms. The van der Waals surface area contributed by atoms with Gasteiger partial charge in [-0.05, 0) is 30.7 Å². The summed E-state index contributed by atoms with van der Waals surface area (Å²) in [6, 6.07) is 8.66. The number of fused-ring (bicyclic) bond motifs is 1. The first-order valence-corrected chi connectivity index (χ1v) is 9.80. The van der Waals surface area contributed by atoms with Crippen molar-refractivity contribution in [2.45, 2.75) is 52.4 Å². The summed E-state index contributed by atoms with van der Waals surface area (Å²) >= 11 is 1.65. The summed E-state index contributed by atoms with van der Waals surface area (Å²) in [5.41, 5.74) is 5.98. The highest BCUT2D eigenvalue weighted by Gasteiger charge is 2.50. The van der Waals surface area contributed by atoms with Crippen LogP contribution in [-0.2, 0) is 10.2 Å². The van der Waals surface area contributed by atoms with Crippen LogP contribution < -0.4 is 5.32 Å². The van der Waals surface area contributed by atoms with Crippen molar-refractivity contribution in [1.82, 2.24) is 4.98 Å². The first-order valence-electron chi connectivity index (χ1n) is 8.92. The zero-order chi connectivity index (χ0) is 17.8. The number of aryl methyl sites for hydroxylation is 1. The number of thiazole rings is 1. The molecular formula is C21H24N2OS. The lowest BCUT2D eigenvalue weighted by Crippen LogP contribution is -2.42. The van der Waals surface area contributed by atoms with E-state index in [1.165, 1.54) is 16.0 Å². The Labute approximate surface area is 153 Å². The molecular weight excluding hydrogens is 328 g/mol. The number of allylic oxidation sites excluding steroid dienone is 2. The third kappa shape index (κ3) is 2.38. The number of anilines is 1. The van der Waals surface area contributed by atoms with E-state index in [4.69, 9.17) is 0 Å². The van der Waals surface area contributed by atoms with Crippen LogP contribution in [0, 0.1) is 12.3 Å². The molecule has 0 radical (unpaired) electrons. The molecule has 1 unspecified atom stereocenters. The van der Waals surface area contributed by atoms with Gasteiger partial charge < -0.3 is 5.32 Å². The first-order chi connectivity index (χ1) is 11.9. The predicted octanol–water partition coefficient (Wildman–Crippen LogP) is 5.22. The second-order valence-corrected chi connectivity index (χ2v) is 8.93. The van der Waals surface area contributed by atoms with Crippen molar-refractivity contribution in [2.75, 3.05) is 5.32 Å². The second-order valence-electron chi connectivity index (χ2n) is 8.07. The van der Waals surface area contributed by atoms with E-state index in [2.05, 4.69) is 62.3 Å². The summed E-state index contributed by atoms with van der Waals surface area (Å²) in [4.78, 5) is 19.0. The smallest absolute Gasteiger partial charge is 0.162 e. The van der Waals surface area contributed by atoms with Crippen molar-refractivity contribution < 1.29 is 4.79 Å².